The summed E-state index contributed by atoms with van der Waals surface area (Å²) in [5, 5.41) is 6.89. The van der Waals surface area contributed by atoms with E-state index in [2.05, 4.69) is 65.9 Å². The molecule has 0 unspecified atom stereocenters. The molecule has 0 saturated heterocycles. The summed E-state index contributed by atoms with van der Waals surface area (Å²) in [5.41, 5.74) is 3.62. The first-order valence-corrected chi connectivity index (χ1v) is 16.1. The Morgan fingerprint density at radius 2 is 1.43 bits per heavy atom. The SMILES string of the molecule is C[P+]1(C)CC(C2CCCCC2)=C(c2cccs2)[B-]1(c1cccs1)c1cccs1. The summed E-state index contributed by atoms with van der Waals surface area (Å²) >= 11 is 5.97. The highest BCUT2D eigenvalue weighted by atomic mass is 32.1. The predicted octanol–water partition coefficient (Wildman–Crippen LogP) is 6.79. The number of thiophene rings is 3. The summed E-state index contributed by atoms with van der Waals surface area (Å²) in [5.74, 6) is -0.0144. The van der Waals surface area contributed by atoms with Gasteiger partial charge in [-0.25, -0.2) is 0 Å². The molecule has 1 aliphatic carbocycles. The second kappa shape index (κ2) is 7.54. The van der Waals surface area contributed by atoms with E-state index in [9.17, 15) is 0 Å². The molecule has 3 aromatic rings. The highest BCUT2D eigenvalue weighted by molar-refractivity contribution is 8.15. The summed E-state index contributed by atoms with van der Waals surface area (Å²) in [6, 6.07) is 14.1. The Kier molecular flexibility index (Phi) is 5.20. The normalized spacial score (nSPS) is 22.1. The smallest absolute Gasteiger partial charge is 0.187 e. The standard InChI is InChI=1S/C23H28BPS3/c1-25(2)17-19(18-9-4-3-5-10-18)23(20-11-6-14-26-20)24(25,21-12-7-15-27-21)22-13-8-16-28-22/h6-8,11-16,18H,3-5,9-10,17H2,1-2H3. The highest BCUT2D eigenvalue weighted by Crippen LogP contribution is 2.71. The molecule has 146 valence electrons. The quantitative estimate of drug-likeness (QED) is 0.308. The first kappa shape index (κ1) is 19.3. The molecule has 5 rings (SSSR count). The topological polar surface area (TPSA) is 0 Å². The lowest BCUT2D eigenvalue weighted by Gasteiger charge is -2.43. The molecule has 5 heteroatoms. The zero-order valence-corrected chi connectivity index (χ0v) is 20.1. The van der Waals surface area contributed by atoms with Gasteiger partial charge in [0.1, 0.15) is 0 Å². The fraction of sp³-hybridized carbons (Fsp3) is 0.391. The maximum absolute atomic E-state index is 2.66. The van der Waals surface area contributed by atoms with Crippen molar-refractivity contribution in [2.75, 3.05) is 19.5 Å². The molecule has 0 nitrogen and oxygen atoms in total. The molecule has 0 radical (unpaired) electrons. The summed E-state index contributed by atoms with van der Waals surface area (Å²) in [6.07, 6.45) is 8.45. The Hall–Kier alpha value is -0.665. The van der Waals surface area contributed by atoms with Crippen LogP contribution in [0.3, 0.4) is 0 Å². The average molecular weight is 442 g/mol. The predicted molar refractivity (Wildman–Crippen MR) is 135 cm³/mol. The molecule has 3 aromatic heterocycles. The summed E-state index contributed by atoms with van der Waals surface area (Å²) < 4.78 is 3.27. The molecular formula is C23H28BPS3. The van der Waals surface area contributed by atoms with Crippen LogP contribution in [-0.2, 0) is 0 Å². The maximum Gasteiger partial charge on any atom is 0.265 e. The van der Waals surface area contributed by atoms with E-state index in [-0.39, 0.29) is 0 Å². The lowest BCUT2D eigenvalue weighted by Crippen LogP contribution is -2.57. The van der Waals surface area contributed by atoms with E-state index in [0.717, 1.165) is 5.92 Å². The van der Waals surface area contributed by atoms with Gasteiger partial charge in [0, 0.05) is 19.5 Å². The third-order valence-electron chi connectivity index (χ3n) is 7.18. The van der Waals surface area contributed by atoms with Crippen LogP contribution in [0.15, 0.2) is 58.1 Å². The van der Waals surface area contributed by atoms with Crippen LogP contribution in [0, 0.1) is 5.92 Å². The second-order valence-corrected chi connectivity index (χ2v) is 16.6. The first-order valence-electron chi connectivity index (χ1n) is 10.5. The minimum Gasteiger partial charge on any atom is -0.187 e. The second-order valence-electron chi connectivity index (χ2n) is 9.04. The maximum atomic E-state index is 2.66. The molecule has 2 aliphatic rings. The van der Waals surface area contributed by atoms with Crippen molar-refractivity contribution in [2.45, 2.75) is 32.1 Å². The van der Waals surface area contributed by atoms with Crippen LogP contribution in [-0.4, -0.2) is 25.4 Å². The lowest BCUT2D eigenvalue weighted by atomic mass is 9.38. The molecule has 4 heterocycles. The summed E-state index contributed by atoms with van der Waals surface area (Å²) in [7, 11) is -1.22. The Morgan fingerprint density at radius 3 is 1.96 bits per heavy atom. The molecule has 28 heavy (non-hydrogen) atoms. The molecule has 0 spiro atoms. The van der Waals surface area contributed by atoms with Crippen molar-refractivity contribution in [3.63, 3.8) is 0 Å². The number of hydrogen-bond acceptors (Lipinski definition) is 3. The molecule has 1 saturated carbocycles. The van der Waals surface area contributed by atoms with E-state index in [1.807, 2.05) is 39.6 Å². The third-order valence-corrected chi connectivity index (χ3v) is 14.6. The van der Waals surface area contributed by atoms with Crippen molar-refractivity contribution >= 4 is 62.0 Å². The molecule has 0 bridgehead atoms. The molecular weight excluding hydrogens is 414 g/mol. The van der Waals surface area contributed by atoms with Gasteiger partial charge in [-0.05, 0) is 45.8 Å². The van der Waals surface area contributed by atoms with E-state index >= 15 is 0 Å². The fourth-order valence-corrected chi connectivity index (χ4v) is 15.1. The average Bonchev–Trinajstić information content (AvgIpc) is 3.48. The zero-order valence-electron chi connectivity index (χ0n) is 16.8. The molecule has 0 atom stereocenters. The Bertz CT molecular complexity index is 912. The van der Waals surface area contributed by atoms with Crippen LogP contribution in [0.5, 0.6) is 0 Å². The van der Waals surface area contributed by atoms with Gasteiger partial charge in [0.15, 0.2) is 0 Å². The van der Waals surface area contributed by atoms with Crippen molar-refractivity contribution in [3.05, 3.63) is 63.0 Å². The highest BCUT2D eigenvalue weighted by Gasteiger charge is 2.59. The van der Waals surface area contributed by atoms with Gasteiger partial charge in [0.05, 0.1) is 0 Å². The van der Waals surface area contributed by atoms with Crippen molar-refractivity contribution in [3.8, 4) is 0 Å². The van der Waals surface area contributed by atoms with Crippen LogP contribution in [0.1, 0.15) is 37.0 Å². The number of rotatable bonds is 4. The monoisotopic (exact) mass is 442 g/mol. The van der Waals surface area contributed by atoms with E-state index in [1.54, 1.807) is 19.9 Å². The molecule has 0 amide bonds. The Morgan fingerprint density at radius 1 is 0.821 bits per heavy atom. The summed E-state index contributed by atoms with van der Waals surface area (Å²) in [6.45, 7) is 5.33. The third kappa shape index (κ3) is 2.87. The van der Waals surface area contributed by atoms with Gasteiger partial charge in [-0.2, -0.15) is 22.7 Å². The van der Waals surface area contributed by atoms with Crippen molar-refractivity contribution in [1.29, 1.82) is 0 Å². The minimum atomic E-state index is -1.22. The van der Waals surface area contributed by atoms with Crippen molar-refractivity contribution in [1.82, 2.24) is 0 Å². The van der Waals surface area contributed by atoms with E-state index < -0.39 is 13.0 Å². The van der Waals surface area contributed by atoms with Gasteiger partial charge >= 0.3 is 0 Å². The van der Waals surface area contributed by atoms with Gasteiger partial charge < -0.3 is 0 Å². The Labute approximate surface area is 181 Å². The van der Waals surface area contributed by atoms with Gasteiger partial charge in [-0.1, -0.05) is 55.2 Å². The van der Waals surface area contributed by atoms with Crippen LogP contribution in [0.4, 0.5) is 0 Å². The van der Waals surface area contributed by atoms with E-state index in [4.69, 9.17) is 0 Å². The van der Waals surface area contributed by atoms with Gasteiger partial charge in [0.25, 0.3) is 5.87 Å². The largest absolute Gasteiger partial charge is 0.265 e. The lowest BCUT2D eigenvalue weighted by molar-refractivity contribution is 0.405. The molecule has 1 aliphatic heterocycles. The first-order chi connectivity index (χ1) is 13.6. The Balaban J connectivity index is 1.83. The van der Waals surface area contributed by atoms with Crippen LogP contribution >= 0.6 is 41.2 Å². The number of allylic oxidation sites excluding steroid dienone is 1. The fourth-order valence-electron chi connectivity index (χ4n) is 6.05. The van der Waals surface area contributed by atoms with Crippen LogP contribution in [0.25, 0.3) is 5.47 Å². The summed E-state index contributed by atoms with van der Waals surface area (Å²) in [4.78, 5) is 1.55. The molecule has 1 fully saturated rings. The van der Waals surface area contributed by atoms with Gasteiger partial charge in [-0.15, -0.1) is 33.5 Å². The minimum absolute atomic E-state index is 0.814. The van der Waals surface area contributed by atoms with Gasteiger partial charge in [-0.3, -0.25) is 0 Å². The molecule has 0 N–H and O–H groups in total. The van der Waals surface area contributed by atoms with E-state index in [1.165, 1.54) is 38.3 Å². The van der Waals surface area contributed by atoms with E-state index in [0.29, 0.717) is 0 Å². The van der Waals surface area contributed by atoms with Crippen LogP contribution < -0.4 is 9.55 Å². The van der Waals surface area contributed by atoms with Gasteiger partial charge in [0.2, 0.25) is 0 Å². The zero-order chi connectivity index (χ0) is 19.2. The number of hydrogen-bond donors (Lipinski definition) is 0. The molecule has 0 aromatic carbocycles. The van der Waals surface area contributed by atoms with Crippen molar-refractivity contribution < 1.29 is 0 Å². The van der Waals surface area contributed by atoms with Crippen molar-refractivity contribution in [2.24, 2.45) is 5.92 Å². The van der Waals surface area contributed by atoms with Crippen LogP contribution in [0.2, 0.25) is 0 Å².